The van der Waals surface area contributed by atoms with Gasteiger partial charge in [0.25, 0.3) is 5.56 Å². The summed E-state index contributed by atoms with van der Waals surface area (Å²) in [6.07, 6.45) is -1.92. The number of alkyl halides is 3. The molecule has 0 saturated carbocycles. The summed E-state index contributed by atoms with van der Waals surface area (Å²) < 4.78 is 42.1. The van der Waals surface area contributed by atoms with Crippen LogP contribution in [0.3, 0.4) is 0 Å². The zero-order valence-corrected chi connectivity index (χ0v) is 19.2. The highest BCUT2D eigenvalue weighted by Crippen LogP contribution is 2.35. The molecule has 34 heavy (non-hydrogen) atoms. The third-order valence-electron chi connectivity index (χ3n) is 6.48. The van der Waals surface area contributed by atoms with Crippen LogP contribution >= 0.6 is 11.3 Å². The van der Waals surface area contributed by atoms with Crippen molar-refractivity contribution in [3.8, 4) is 0 Å². The number of nitrogens with zero attached hydrogens (tertiary/aromatic N) is 4. The van der Waals surface area contributed by atoms with Gasteiger partial charge in [-0.3, -0.25) is 14.2 Å². The van der Waals surface area contributed by atoms with E-state index >= 15 is 0 Å². The summed E-state index contributed by atoms with van der Waals surface area (Å²) in [5.41, 5.74) is 0.230. The minimum Gasteiger partial charge on any atom is -0.338 e. The molecular weight excluding hydrogens is 467 g/mol. The number of carbonyl (C=O) groups is 1. The van der Waals surface area contributed by atoms with Gasteiger partial charge in [0, 0.05) is 19.5 Å². The molecule has 5 rings (SSSR count). The van der Waals surface area contributed by atoms with Gasteiger partial charge in [-0.2, -0.15) is 13.2 Å². The molecule has 180 valence electrons. The first kappa shape index (κ1) is 23.0. The average Bonchev–Trinajstić information content (AvgIpc) is 3.57. The van der Waals surface area contributed by atoms with Crippen molar-refractivity contribution in [1.29, 1.82) is 0 Å². The number of carbonyl (C=O) groups excluding carboxylic acids is 1. The molecule has 2 aromatic heterocycles. The molecule has 11 heteroatoms. The number of Topliss-reactive ketones (excluding diaryl/α,β-unsaturated/α-hetero) is 1. The minimum atomic E-state index is -4.76. The lowest BCUT2D eigenvalue weighted by Gasteiger charge is -2.22. The molecule has 0 aliphatic carbocycles. The van der Waals surface area contributed by atoms with Crippen LogP contribution in [0.25, 0.3) is 10.3 Å². The number of thiazole rings is 1. The predicted octanol–water partition coefficient (Wildman–Crippen LogP) is 3.58. The first-order chi connectivity index (χ1) is 16.3. The maximum atomic E-state index is 13.8. The zero-order chi connectivity index (χ0) is 23.9. The smallest absolute Gasteiger partial charge is 0.338 e. The molecule has 0 radical (unpaired) electrons. The minimum absolute atomic E-state index is 0.0445. The van der Waals surface area contributed by atoms with E-state index in [-0.39, 0.29) is 22.7 Å². The first-order valence-electron chi connectivity index (χ1n) is 11.4. The van der Waals surface area contributed by atoms with E-state index in [9.17, 15) is 22.8 Å². The van der Waals surface area contributed by atoms with Crippen molar-refractivity contribution in [3.05, 3.63) is 52.1 Å². The molecule has 2 aliphatic heterocycles. The van der Waals surface area contributed by atoms with Gasteiger partial charge in [-0.05, 0) is 37.8 Å². The summed E-state index contributed by atoms with van der Waals surface area (Å²) in [5.74, 6) is -1.12. The van der Waals surface area contributed by atoms with Crippen LogP contribution in [-0.4, -0.2) is 46.0 Å². The van der Waals surface area contributed by atoms with Crippen molar-refractivity contribution in [3.63, 3.8) is 0 Å². The Balaban J connectivity index is 1.46. The fraction of sp³-hybridized carbons (Fsp3) is 0.478. The van der Waals surface area contributed by atoms with Crippen molar-refractivity contribution in [2.45, 2.75) is 50.4 Å². The average molecular weight is 492 g/mol. The number of anilines is 1. The van der Waals surface area contributed by atoms with Crippen LogP contribution in [0, 0.1) is 0 Å². The van der Waals surface area contributed by atoms with Crippen LogP contribution in [0.5, 0.6) is 0 Å². The van der Waals surface area contributed by atoms with E-state index in [1.54, 1.807) is 0 Å². The highest BCUT2D eigenvalue weighted by Gasteiger charge is 2.41. The van der Waals surface area contributed by atoms with Crippen molar-refractivity contribution >= 4 is 32.6 Å². The molecule has 1 aromatic carbocycles. The Hall–Kier alpha value is -2.79. The number of rotatable bonds is 6. The summed E-state index contributed by atoms with van der Waals surface area (Å²) in [4.78, 5) is 36.2. The lowest BCUT2D eigenvalue weighted by atomic mass is 10.0. The zero-order valence-electron chi connectivity index (χ0n) is 18.3. The third-order valence-corrected chi connectivity index (χ3v) is 7.47. The van der Waals surface area contributed by atoms with Crippen LogP contribution in [0.1, 0.15) is 43.1 Å². The number of aromatic nitrogens is 3. The Kier molecular flexibility index (Phi) is 6.15. The molecule has 7 nitrogen and oxygen atoms in total. The molecule has 0 spiro atoms. The van der Waals surface area contributed by atoms with Gasteiger partial charge in [-0.1, -0.05) is 41.7 Å². The van der Waals surface area contributed by atoms with Gasteiger partial charge in [0.1, 0.15) is 0 Å². The number of aryl methyl sites for hydroxylation is 1. The van der Waals surface area contributed by atoms with E-state index in [0.717, 1.165) is 27.9 Å². The number of ketones is 1. The van der Waals surface area contributed by atoms with Gasteiger partial charge in [0.2, 0.25) is 5.82 Å². The number of fused-ring (bicyclic) bond motifs is 1. The van der Waals surface area contributed by atoms with Gasteiger partial charge in [0.05, 0.1) is 12.1 Å². The molecule has 3 aromatic rings. The standard InChI is InChI=1S/C23H24F3N5O2S/c24-23(25,26)21-29-19-18(20(33)31(21)15-10-11-27-13-15)28-22(34-19)30-12-4-7-16(30)17(32)9-8-14-5-2-1-3-6-14/h1-3,5-6,15-16,27H,4,7-13H2/t15-,16+/m0/s1. The topological polar surface area (TPSA) is 80.1 Å². The monoisotopic (exact) mass is 491 g/mol. The Bertz CT molecular complexity index is 1250. The summed E-state index contributed by atoms with van der Waals surface area (Å²) in [6, 6.07) is 8.72. The Morgan fingerprint density at radius 2 is 1.97 bits per heavy atom. The molecular formula is C23H24F3N5O2S. The molecule has 2 aliphatic rings. The van der Waals surface area contributed by atoms with Crippen molar-refractivity contribution < 1.29 is 18.0 Å². The van der Waals surface area contributed by atoms with Crippen LogP contribution < -0.4 is 15.8 Å². The van der Waals surface area contributed by atoms with Crippen LogP contribution in [0.2, 0.25) is 0 Å². The van der Waals surface area contributed by atoms with E-state index in [4.69, 9.17) is 0 Å². The van der Waals surface area contributed by atoms with Crippen molar-refractivity contribution in [1.82, 2.24) is 19.9 Å². The second-order valence-corrected chi connectivity index (χ2v) is 9.66. The van der Waals surface area contributed by atoms with Crippen LogP contribution in [0.15, 0.2) is 35.1 Å². The first-order valence-corrected chi connectivity index (χ1v) is 12.2. The molecule has 0 unspecified atom stereocenters. The molecule has 0 bridgehead atoms. The summed E-state index contributed by atoms with van der Waals surface area (Å²) in [6.45, 7) is 1.38. The SMILES string of the molecule is O=C(CCc1ccccc1)[C@H]1CCCN1c1nc2c(=O)n([C@H]3CCNC3)c(C(F)(F)F)nc2s1. The summed E-state index contributed by atoms with van der Waals surface area (Å²) in [5, 5.41) is 3.38. The normalized spacial score (nSPS) is 21.0. The van der Waals surface area contributed by atoms with Gasteiger partial charge in [0.15, 0.2) is 21.3 Å². The number of nitrogens with one attached hydrogen (secondary N) is 1. The van der Waals surface area contributed by atoms with E-state index < -0.39 is 29.6 Å². The maximum Gasteiger partial charge on any atom is 0.449 e. The van der Waals surface area contributed by atoms with Crippen molar-refractivity contribution in [2.24, 2.45) is 0 Å². The van der Waals surface area contributed by atoms with Gasteiger partial charge in [-0.25, -0.2) is 9.97 Å². The molecule has 2 atom stereocenters. The Labute approximate surface area is 197 Å². The van der Waals surface area contributed by atoms with Crippen LogP contribution in [0.4, 0.5) is 18.3 Å². The number of halogens is 3. The molecule has 4 heterocycles. The quantitative estimate of drug-likeness (QED) is 0.568. The van der Waals surface area contributed by atoms with Gasteiger partial charge < -0.3 is 10.2 Å². The van der Waals surface area contributed by atoms with E-state index in [0.29, 0.717) is 43.9 Å². The number of hydrogen-bond acceptors (Lipinski definition) is 7. The largest absolute Gasteiger partial charge is 0.449 e. The molecule has 2 saturated heterocycles. The number of hydrogen-bond donors (Lipinski definition) is 1. The molecule has 2 fully saturated rings. The summed E-state index contributed by atoms with van der Waals surface area (Å²) >= 11 is 0.948. The highest BCUT2D eigenvalue weighted by molar-refractivity contribution is 7.21. The van der Waals surface area contributed by atoms with Gasteiger partial charge >= 0.3 is 6.18 Å². The maximum absolute atomic E-state index is 13.8. The second kappa shape index (κ2) is 9.10. The lowest BCUT2D eigenvalue weighted by Crippen LogP contribution is -2.36. The van der Waals surface area contributed by atoms with Gasteiger partial charge in [-0.15, -0.1) is 0 Å². The summed E-state index contributed by atoms with van der Waals surface area (Å²) in [7, 11) is 0. The van der Waals surface area contributed by atoms with E-state index in [2.05, 4.69) is 15.3 Å². The predicted molar refractivity (Wildman–Crippen MR) is 123 cm³/mol. The van der Waals surface area contributed by atoms with Crippen molar-refractivity contribution in [2.75, 3.05) is 24.5 Å². The van der Waals surface area contributed by atoms with E-state index in [1.165, 1.54) is 0 Å². The Morgan fingerprint density at radius 1 is 1.18 bits per heavy atom. The third kappa shape index (κ3) is 4.34. The van der Waals surface area contributed by atoms with Crippen LogP contribution in [-0.2, 0) is 17.4 Å². The fourth-order valence-corrected chi connectivity index (χ4v) is 5.81. The fourth-order valence-electron chi connectivity index (χ4n) is 4.81. The second-order valence-electron chi connectivity index (χ2n) is 8.71. The molecule has 1 N–H and O–H groups in total. The van der Waals surface area contributed by atoms with E-state index in [1.807, 2.05) is 35.2 Å². The molecule has 0 amide bonds. The highest BCUT2D eigenvalue weighted by atomic mass is 32.1. The Morgan fingerprint density at radius 3 is 2.68 bits per heavy atom. The lowest BCUT2D eigenvalue weighted by molar-refractivity contribution is -0.148. The number of benzene rings is 1.